The van der Waals surface area contributed by atoms with Crippen molar-refractivity contribution in [2.24, 2.45) is 0 Å². The second-order valence-corrected chi connectivity index (χ2v) is 9.62. The van der Waals surface area contributed by atoms with Gasteiger partial charge in [-0.25, -0.2) is 0 Å². The lowest BCUT2D eigenvalue weighted by molar-refractivity contribution is -0.117. The minimum absolute atomic E-state index is 0.320. The Bertz CT molecular complexity index is 1150. The summed E-state index contributed by atoms with van der Waals surface area (Å²) in [6, 6.07) is 15.9. The van der Waals surface area contributed by atoms with Crippen LogP contribution in [0.5, 0.6) is 0 Å². The van der Waals surface area contributed by atoms with Crippen molar-refractivity contribution in [1.82, 2.24) is 10.6 Å². The van der Waals surface area contributed by atoms with E-state index in [2.05, 4.69) is 10.6 Å². The average Bonchev–Trinajstić information content (AvgIpc) is 3.06. The molecule has 0 heterocycles. The quantitative estimate of drug-likeness (QED) is 0.480. The number of allylic oxidation sites excluding steroid dienone is 2. The van der Waals surface area contributed by atoms with Gasteiger partial charge in [-0.1, -0.05) is 76.2 Å². The molecular weight excluding hydrogens is 398 g/mol. The summed E-state index contributed by atoms with van der Waals surface area (Å²) in [4.78, 5) is 26.3. The summed E-state index contributed by atoms with van der Waals surface area (Å²) in [5.74, 6) is -1.05. The third-order valence-electron chi connectivity index (χ3n) is 6.94. The van der Waals surface area contributed by atoms with E-state index < -0.39 is 10.8 Å². The molecule has 0 unspecified atom stereocenters. The maximum atomic E-state index is 13.2. The van der Waals surface area contributed by atoms with Crippen LogP contribution in [0, 0.1) is 5.41 Å². The smallest absolute Gasteiger partial charge is 0.255 e. The van der Waals surface area contributed by atoms with Crippen LogP contribution in [0.3, 0.4) is 0 Å². The minimum Gasteiger partial charge on any atom is -0.293 e. The maximum Gasteiger partial charge on any atom is 0.255 e. The lowest BCUT2D eigenvalue weighted by Crippen LogP contribution is -2.46. The fourth-order valence-corrected chi connectivity index (χ4v) is 5.48. The van der Waals surface area contributed by atoms with E-state index in [1.807, 2.05) is 90.1 Å². The van der Waals surface area contributed by atoms with Crippen molar-refractivity contribution in [3.8, 4) is 0 Å². The van der Waals surface area contributed by atoms with E-state index in [9.17, 15) is 9.59 Å². The maximum absolute atomic E-state index is 13.2. The van der Waals surface area contributed by atoms with Gasteiger partial charge in [0.15, 0.2) is 0 Å². The van der Waals surface area contributed by atoms with E-state index in [1.165, 1.54) is 0 Å². The van der Waals surface area contributed by atoms with Crippen LogP contribution in [0.2, 0.25) is 0 Å². The van der Waals surface area contributed by atoms with Crippen molar-refractivity contribution in [2.45, 2.75) is 52.4 Å². The summed E-state index contributed by atoms with van der Waals surface area (Å²) in [7, 11) is 0. The van der Waals surface area contributed by atoms with E-state index >= 15 is 0 Å². The molecule has 0 spiro atoms. The van der Waals surface area contributed by atoms with Gasteiger partial charge in [-0.2, -0.15) is 0 Å². The first kappa shape index (κ1) is 21.8. The zero-order chi connectivity index (χ0) is 23.4. The van der Waals surface area contributed by atoms with Gasteiger partial charge in [-0.05, 0) is 47.2 Å². The molecule has 164 valence electrons. The normalized spacial score (nSPS) is 17.7. The fraction of sp³-hybridized carbons (Fsp3) is 0.296. The first-order chi connectivity index (χ1) is 15.0. The Labute approximate surface area is 189 Å². The molecule has 3 N–H and O–H groups in total. The van der Waals surface area contributed by atoms with Crippen LogP contribution in [0.1, 0.15) is 63.8 Å². The zero-order valence-corrected chi connectivity index (χ0v) is 19.4. The van der Waals surface area contributed by atoms with Crippen LogP contribution in [0.15, 0.2) is 59.7 Å². The Morgan fingerprint density at radius 1 is 0.688 bits per heavy atom. The summed E-state index contributed by atoms with van der Waals surface area (Å²) >= 11 is 0. The highest BCUT2D eigenvalue weighted by atomic mass is 16.2. The third kappa shape index (κ3) is 3.11. The van der Waals surface area contributed by atoms with Gasteiger partial charge in [0.05, 0.1) is 0 Å². The first-order valence-corrected chi connectivity index (χ1v) is 10.8. The molecule has 2 aromatic carbocycles. The highest BCUT2D eigenvalue weighted by Gasteiger charge is 2.41. The SMILES string of the molecule is CC1=C(C(=O)NC(=N)NC(=O)C2=C(C)c3ccccc3C2(C)C)C(C)(C)c2ccccc21. The molecule has 0 saturated heterocycles. The predicted molar refractivity (Wildman–Crippen MR) is 128 cm³/mol. The van der Waals surface area contributed by atoms with Crippen molar-refractivity contribution >= 4 is 28.9 Å². The lowest BCUT2D eigenvalue weighted by atomic mass is 9.80. The number of fused-ring (bicyclic) bond motifs is 2. The molecule has 2 aliphatic carbocycles. The fourth-order valence-electron chi connectivity index (χ4n) is 5.48. The van der Waals surface area contributed by atoms with E-state index in [1.54, 1.807) is 0 Å². The molecule has 32 heavy (non-hydrogen) atoms. The van der Waals surface area contributed by atoms with Gasteiger partial charge in [-0.3, -0.25) is 25.6 Å². The molecule has 2 aromatic rings. The molecule has 0 aliphatic heterocycles. The molecule has 0 aromatic heterocycles. The summed E-state index contributed by atoms with van der Waals surface area (Å²) in [5.41, 5.74) is 6.32. The summed E-state index contributed by atoms with van der Waals surface area (Å²) in [6.45, 7) is 11.9. The Kier molecular flexibility index (Phi) is 4.96. The number of rotatable bonds is 2. The van der Waals surface area contributed by atoms with Crippen molar-refractivity contribution in [3.05, 3.63) is 81.9 Å². The number of hydrogen-bond acceptors (Lipinski definition) is 3. The molecule has 0 bridgehead atoms. The Morgan fingerprint density at radius 2 is 1.03 bits per heavy atom. The summed E-state index contributed by atoms with van der Waals surface area (Å²) < 4.78 is 0. The Hall–Kier alpha value is -3.47. The number of amides is 2. The summed E-state index contributed by atoms with van der Waals surface area (Å²) in [5, 5.41) is 13.5. The molecular formula is C27H29N3O2. The molecule has 0 radical (unpaired) electrons. The molecule has 5 heteroatoms. The zero-order valence-electron chi connectivity index (χ0n) is 19.4. The molecule has 0 saturated carbocycles. The van der Waals surface area contributed by atoms with Crippen molar-refractivity contribution in [3.63, 3.8) is 0 Å². The van der Waals surface area contributed by atoms with Gasteiger partial charge in [0.2, 0.25) is 5.96 Å². The molecule has 2 amide bonds. The monoisotopic (exact) mass is 427 g/mol. The van der Waals surface area contributed by atoms with Crippen LogP contribution in [0.4, 0.5) is 0 Å². The number of guanidine groups is 1. The van der Waals surface area contributed by atoms with E-state index in [0.29, 0.717) is 11.1 Å². The highest BCUT2D eigenvalue weighted by Crippen LogP contribution is 2.47. The molecule has 2 aliphatic rings. The minimum atomic E-state index is -0.483. The second-order valence-electron chi connectivity index (χ2n) is 9.62. The van der Waals surface area contributed by atoms with E-state index in [0.717, 1.165) is 33.4 Å². The molecule has 0 fully saturated rings. The van der Waals surface area contributed by atoms with Crippen molar-refractivity contribution in [1.29, 1.82) is 5.41 Å². The van der Waals surface area contributed by atoms with Crippen LogP contribution in [0.25, 0.3) is 11.1 Å². The van der Waals surface area contributed by atoms with Crippen LogP contribution >= 0.6 is 0 Å². The van der Waals surface area contributed by atoms with Crippen LogP contribution < -0.4 is 10.6 Å². The largest absolute Gasteiger partial charge is 0.293 e. The second kappa shape index (κ2) is 7.30. The number of benzene rings is 2. The Morgan fingerprint density at radius 3 is 1.38 bits per heavy atom. The van der Waals surface area contributed by atoms with Crippen LogP contribution in [-0.4, -0.2) is 17.8 Å². The number of hydrogen-bond donors (Lipinski definition) is 3. The van der Waals surface area contributed by atoms with Gasteiger partial charge in [-0.15, -0.1) is 0 Å². The van der Waals surface area contributed by atoms with E-state index in [-0.39, 0.29) is 17.8 Å². The average molecular weight is 428 g/mol. The van der Waals surface area contributed by atoms with Crippen molar-refractivity contribution < 1.29 is 9.59 Å². The van der Waals surface area contributed by atoms with Gasteiger partial charge in [0.1, 0.15) is 0 Å². The van der Waals surface area contributed by atoms with Crippen molar-refractivity contribution in [2.75, 3.05) is 0 Å². The molecule has 5 nitrogen and oxygen atoms in total. The number of carbonyl (C=O) groups excluding carboxylic acids is 2. The van der Waals surface area contributed by atoms with Gasteiger partial charge in [0, 0.05) is 22.0 Å². The topological polar surface area (TPSA) is 82.1 Å². The predicted octanol–water partition coefficient (Wildman–Crippen LogP) is 4.68. The number of nitrogens with one attached hydrogen (secondary N) is 3. The first-order valence-electron chi connectivity index (χ1n) is 10.8. The Balaban J connectivity index is 1.53. The van der Waals surface area contributed by atoms with E-state index in [4.69, 9.17) is 5.41 Å². The van der Waals surface area contributed by atoms with Gasteiger partial charge >= 0.3 is 0 Å². The third-order valence-corrected chi connectivity index (χ3v) is 6.94. The highest BCUT2D eigenvalue weighted by molar-refractivity contribution is 6.17. The summed E-state index contributed by atoms with van der Waals surface area (Å²) in [6.07, 6.45) is 0. The van der Waals surface area contributed by atoms with Gasteiger partial charge < -0.3 is 0 Å². The molecule has 0 atom stereocenters. The number of carbonyl (C=O) groups is 2. The van der Waals surface area contributed by atoms with Gasteiger partial charge in [0.25, 0.3) is 11.8 Å². The van der Waals surface area contributed by atoms with Crippen LogP contribution in [-0.2, 0) is 20.4 Å². The molecule has 4 rings (SSSR count). The lowest BCUT2D eigenvalue weighted by Gasteiger charge is -2.25. The standard InChI is InChI=1S/C27H29N3O2/c1-15-17-11-7-9-13-19(17)26(3,4)21(15)23(31)29-25(28)30-24(32)22-16(2)18-12-8-10-14-20(18)27(22,5)6/h7-14H,1-6H3,(H3,28,29,30,31,32).